The van der Waals surface area contributed by atoms with Gasteiger partial charge in [-0.05, 0) is 29.8 Å². The highest BCUT2D eigenvalue weighted by Crippen LogP contribution is 2.20. The molecule has 3 rings (SSSR count). The van der Waals surface area contributed by atoms with Crippen molar-refractivity contribution in [3.8, 4) is 0 Å². The number of nitrogens with zero attached hydrogens (tertiary/aromatic N) is 1. The number of amides is 2. The Morgan fingerprint density at radius 3 is 2.43 bits per heavy atom. The van der Waals surface area contributed by atoms with Gasteiger partial charge in [-0.1, -0.05) is 41.9 Å². The molecule has 8 nitrogen and oxygen atoms in total. The van der Waals surface area contributed by atoms with Crippen LogP contribution in [-0.2, 0) is 6.54 Å². The number of nitrogens with one attached hydrogen (secondary N) is 2. The first-order valence-electron chi connectivity index (χ1n) is 8.12. The van der Waals surface area contributed by atoms with Crippen LogP contribution in [0.4, 0.5) is 11.6 Å². The average Bonchev–Trinajstić information content (AvgIpc) is 3.18. The molecule has 1 aromatic heterocycles. The van der Waals surface area contributed by atoms with Crippen LogP contribution in [0.2, 0.25) is 5.02 Å². The molecule has 1 heterocycles. The van der Waals surface area contributed by atoms with E-state index in [0.29, 0.717) is 5.02 Å². The fraction of sp³-hybridized carbons (Fsp3) is 0.0526. The first-order chi connectivity index (χ1) is 13.5. The number of hydrogen-bond acceptors (Lipinski definition) is 5. The Bertz CT molecular complexity index is 1050. The summed E-state index contributed by atoms with van der Waals surface area (Å²) in [5.74, 6) is -1.91. The highest BCUT2D eigenvalue weighted by Gasteiger charge is 2.19. The molecule has 0 aliphatic rings. The Morgan fingerprint density at radius 2 is 1.71 bits per heavy atom. The van der Waals surface area contributed by atoms with E-state index in [1.165, 1.54) is 6.07 Å². The van der Waals surface area contributed by atoms with Crippen LogP contribution >= 0.6 is 11.6 Å². The molecule has 0 saturated carbocycles. The molecule has 2 amide bonds. The Balaban J connectivity index is 1.73. The molecule has 0 atom stereocenters. The van der Waals surface area contributed by atoms with E-state index in [-0.39, 0.29) is 23.6 Å². The molecular weight excluding hydrogens is 386 g/mol. The molecule has 2 N–H and O–H groups in total. The summed E-state index contributed by atoms with van der Waals surface area (Å²) in [5.41, 5.74) is 1.22. The Kier molecular flexibility index (Phi) is 5.71. The molecule has 142 valence electrons. The third-order valence-electron chi connectivity index (χ3n) is 3.81. The molecule has 0 spiro atoms. The predicted molar refractivity (Wildman–Crippen MR) is 102 cm³/mol. The average molecular weight is 400 g/mol. The lowest BCUT2D eigenvalue weighted by atomic mass is 10.1. The highest BCUT2D eigenvalue weighted by atomic mass is 35.5. The molecular formula is C19H14ClN3O5. The third kappa shape index (κ3) is 4.36. The van der Waals surface area contributed by atoms with Gasteiger partial charge in [0.15, 0.2) is 5.76 Å². The molecule has 3 aromatic rings. The van der Waals surface area contributed by atoms with Gasteiger partial charge in [0.25, 0.3) is 11.8 Å². The van der Waals surface area contributed by atoms with E-state index in [4.69, 9.17) is 16.0 Å². The zero-order valence-electron chi connectivity index (χ0n) is 14.3. The molecule has 2 aromatic carbocycles. The van der Waals surface area contributed by atoms with Crippen molar-refractivity contribution in [3.63, 3.8) is 0 Å². The van der Waals surface area contributed by atoms with Gasteiger partial charge in [0.1, 0.15) is 4.92 Å². The van der Waals surface area contributed by atoms with Gasteiger partial charge in [-0.2, -0.15) is 0 Å². The fourth-order valence-electron chi connectivity index (χ4n) is 2.43. The van der Waals surface area contributed by atoms with Gasteiger partial charge in [0.2, 0.25) is 0 Å². The maximum absolute atomic E-state index is 12.5. The Morgan fingerprint density at radius 1 is 1.00 bits per heavy atom. The second-order valence-corrected chi connectivity index (χ2v) is 6.08. The lowest BCUT2D eigenvalue weighted by Gasteiger charge is -2.11. The van der Waals surface area contributed by atoms with Crippen molar-refractivity contribution in [2.45, 2.75) is 6.54 Å². The first kappa shape index (κ1) is 19.1. The van der Waals surface area contributed by atoms with Crippen molar-refractivity contribution >= 4 is 35.0 Å². The minimum atomic E-state index is -0.743. The molecule has 0 unspecified atom stereocenters. The lowest BCUT2D eigenvalue weighted by molar-refractivity contribution is -0.402. The molecule has 0 bridgehead atoms. The topological polar surface area (TPSA) is 114 Å². The van der Waals surface area contributed by atoms with Crippen LogP contribution in [0.25, 0.3) is 0 Å². The number of anilines is 1. The van der Waals surface area contributed by atoms with Crippen LogP contribution in [0, 0.1) is 10.1 Å². The summed E-state index contributed by atoms with van der Waals surface area (Å²) in [7, 11) is 0. The monoisotopic (exact) mass is 399 g/mol. The van der Waals surface area contributed by atoms with Gasteiger partial charge in [0, 0.05) is 11.6 Å². The fourth-order valence-corrected chi connectivity index (χ4v) is 2.64. The maximum atomic E-state index is 12.5. The number of carbonyl (C=O) groups is 2. The normalized spacial score (nSPS) is 10.3. The van der Waals surface area contributed by atoms with E-state index in [1.807, 2.05) is 6.07 Å². The minimum absolute atomic E-state index is 0.213. The quantitative estimate of drug-likeness (QED) is 0.479. The van der Waals surface area contributed by atoms with Gasteiger partial charge in [-0.15, -0.1) is 0 Å². The van der Waals surface area contributed by atoms with Crippen molar-refractivity contribution < 1.29 is 18.9 Å². The standard InChI is InChI=1S/C19H14ClN3O5/c20-14-7-3-1-5-12(14)11-21-18(24)13-6-2-4-8-15(13)22-19(25)16-9-10-17(28-16)23(26)27/h1-10H,11H2,(H,21,24)(H,22,25). The van der Waals surface area contributed by atoms with Gasteiger partial charge < -0.3 is 15.1 Å². The van der Waals surface area contributed by atoms with Gasteiger partial charge in [0.05, 0.1) is 17.3 Å². The van der Waals surface area contributed by atoms with Crippen LogP contribution < -0.4 is 10.6 Å². The summed E-state index contributed by atoms with van der Waals surface area (Å²) in [6.07, 6.45) is 0. The number of halogens is 1. The Hall–Kier alpha value is -3.65. The molecule has 0 radical (unpaired) electrons. The summed E-state index contributed by atoms with van der Waals surface area (Å²) < 4.78 is 4.87. The van der Waals surface area contributed by atoms with Crippen LogP contribution in [0.3, 0.4) is 0 Å². The third-order valence-corrected chi connectivity index (χ3v) is 4.18. The van der Waals surface area contributed by atoms with Crippen LogP contribution in [0.1, 0.15) is 26.5 Å². The number of nitro groups is 1. The number of benzene rings is 2. The van der Waals surface area contributed by atoms with E-state index in [9.17, 15) is 19.7 Å². The molecule has 0 fully saturated rings. The van der Waals surface area contributed by atoms with Gasteiger partial charge in [-0.25, -0.2) is 0 Å². The first-order valence-corrected chi connectivity index (χ1v) is 8.49. The summed E-state index contributed by atoms with van der Waals surface area (Å²) in [6, 6.07) is 15.8. The highest BCUT2D eigenvalue weighted by molar-refractivity contribution is 6.31. The van der Waals surface area contributed by atoms with Crippen LogP contribution in [-0.4, -0.2) is 16.7 Å². The minimum Gasteiger partial charge on any atom is -0.395 e. The van der Waals surface area contributed by atoms with E-state index in [0.717, 1.165) is 11.6 Å². The molecule has 9 heteroatoms. The van der Waals surface area contributed by atoms with Crippen molar-refractivity contribution in [1.29, 1.82) is 0 Å². The number of carbonyl (C=O) groups excluding carboxylic acids is 2. The van der Waals surface area contributed by atoms with E-state index in [1.54, 1.807) is 42.5 Å². The van der Waals surface area contributed by atoms with Crippen molar-refractivity contribution in [2.24, 2.45) is 0 Å². The Labute approximate surface area is 164 Å². The summed E-state index contributed by atoms with van der Waals surface area (Å²) in [4.78, 5) is 34.7. The van der Waals surface area contributed by atoms with E-state index < -0.39 is 22.6 Å². The predicted octanol–water partition coefficient (Wildman–Crippen LogP) is 4.02. The zero-order valence-corrected chi connectivity index (χ0v) is 15.1. The molecule has 0 aliphatic heterocycles. The SMILES string of the molecule is O=C(Nc1ccccc1C(=O)NCc1ccccc1Cl)c1ccc([N+](=O)[O-])o1. The van der Waals surface area contributed by atoms with Crippen molar-refractivity contribution in [2.75, 3.05) is 5.32 Å². The largest absolute Gasteiger partial charge is 0.433 e. The van der Waals surface area contributed by atoms with Gasteiger partial charge >= 0.3 is 5.88 Å². The van der Waals surface area contributed by atoms with Gasteiger partial charge in [-0.3, -0.25) is 19.7 Å². The van der Waals surface area contributed by atoms with E-state index in [2.05, 4.69) is 10.6 Å². The second-order valence-electron chi connectivity index (χ2n) is 5.67. The smallest absolute Gasteiger partial charge is 0.395 e. The summed E-state index contributed by atoms with van der Waals surface area (Å²) in [5, 5.41) is 16.5. The second kappa shape index (κ2) is 8.36. The number of hydrogen-bond donors (Lipinski definition) is 2. The summed E-state index contributed by atoms with van der Waals surface area (Å²) >= 11 is 6.08. The zero-order chi connectivity index (χ0) is 20.1. The molecule has 0 aliphatic carbocycles. The maximum Gasteiger partial charge on any atom is 0.433 e. The molecule has 28 heavy (non-hydrogen) atoms. The van der Waals surface area contributed by atoms with Crippen molar-refractivity contribution in [1.82, 2.24) is 5.32 Å². The lowest BCUT2D eigenvalue weighted by Crippen LogP contribution is -2.25. The number of rotatable bonds is 6. The van der Waals surface area contributed by atoms with E-state index >= 15 is 0 Å². The van der Waals surface area contributed by atoms with Crippen LogP contribution in [0.15, 0.2) is 65.1 Å². The number of para-hydroxylation sites is 1. The number of furan rings is 1. The van der Waals surface area contributed by atoms with Crippen LogP contribution in [0.5, 0.6) is 0 Å². The summed E-state index contributed by atoms with van der Waals surface area (Å²) in [6.45, 7) is 0.213. The molecule has 0 saturated heterocycles. The van der Waals surface area contributed by atoms with Crippen molar-refractivity contribution in [3.05, 3.63) is 92.7 Å².